The van der Waals surface area contributed by atoms with Crippen LogP contribution in [-0.4, -0.2) is 11.2 Å². The molecule has 12 heavy (non-hydrogen) atoms. The molecule has 1 nitrogen and oxygen atoms in total. The summed E-state index contributed by atoms with van der Waals surface area (Å²) in [6.45, 7) is 5.70. The Morgan fingerprint density at radius 1 is 1.33 bits per heavy atom. The van der Waals surface area contributed by atoms with Crippen LogP contribution in [-0.2, 0) is 0 Å². The van der Waals surface area contributed by atoms with E-state index >= 15 is 0 Å². The Morgan fingerprint density at radius 2 is 2.08 bits per heavy atom. The monoisotopic (exact) mass is 168 g/mol. The standard InChI is InChI=1S/C11H20O/c1-3-5-6-7-8-9-10-11(12)4-2/h4,8-9,11-12H,2-3,5-7,10H2,1H3/b9-8+. The van der Waals surface area contributed by atoms with Crippen LogP contribution in [0, 0.1) is 0 Å². The predicted molar refractivity (Wildman–Crippen MR) is 54.1 cm³/mol. The molecule has 0 saturated carbocycles. The van der Waals surface area contributed by atoms with E-state index in [1.165, 1.54) is 19.3 Å². The smallest absolute Gasteiger partial charge is 0.0752 e. The van der Waals surface area contributed by atoms with Gasteiger partial charge in [0.15, 0.2) is 0 Å². The highest BCUT2D eigenvalue weighted by Crippen LogP contribution is 2.01. The average molecular weight is 168 g/mol. The maximum Gasteiger partial charge on any atom is 0.0752 e. The van der Waals surface area contributed by atoms with Crippen LogP contribution in [0.3, 0.4) is 0 Å². The number of allylic oxidation sites excluding steroid dienone is 1. The molecule has 0 radical (unpaired) electrons. The summed E-state index contributed by atoms with van der Waals surface area (Å²) in [7, 11) is 0. The van der Waals surface area contributed by atoms with Gasteiger partial charge in [0.2, 0.25) is 0 Å². The van der Waals surface area contributed by atoms with Crippen LogP contribution >= 0.6 is 0 Å². The topological polar surface area (TPSA) is 20.2 Å². The molecule has 0 amide bonds. The molecule has 0 aromatic heterocycles. The van der Waals surface area contributed by atoms with E-state index in [1.54, 1.807) is 6.08 Å². The third-order valence-corrected chi connectivity index (χ3v) is 1.79. The van der Waals surface area contributed by atoms with Gasteiger partial charge in [-0.1, -0.05) is 38.0 Å². The molecule has 1 unspecified atom stereocenters. The Balaban J connectivity index is 3.19. The van der Waals surface area contributed by atoms with Crippen LogP contribution in [0.4, 0.5) is 0 Å². The Labute approximate surface area is 75.8 Å². The zero-order chi connectivity index (χ0) is 9.23. The van der Waals surface area contributed by atoms with Crippen molar-refractivity contribution in [3.63, 3.8) is 0 Å². The summed E-state index contributed by atoms with van der Waals surface area (Å²) in [5.41, 5.74) is 0. The summed E-state index contributed by atoms with van der Waals surface area (Å²) in [5, 5.41) is 9.09. The van der Waals surface area contributed by atoms with Crippen molar-refractivity contribution in [2.24, 2.45) is 0 Å². The molecular formula is C11H20O. The molecule has 0 rings (SSSR count). The second kappa shape index (κ2) is 8.54. The molecule has 0 heterocycles. The van der Waals surface area contributed by atoms with E-state index in [1.807, 2.05) is 6.08 Å². The van der Waals surface area contributed by atoms with Crippen molar-refractivity contribution in [3.8, 4) is 0 Å². The molecule has 0 aliphatic heterocycles. The highest BCUT2D eigenvalue weighted by molar-refractivity contribution is 4.89. The number of hydrogen-bond acceptors (Lipinski definition) is 1. The van der Waals surface area contributed by atoms with Gasteiger partial charge in [0.05, 0.1) is 6.10 Å². The van der Waals surface area contributed by atoms with E-state index in [2.05, 4.69) is 19.6 Å². The molecule has 1 atom stereocenters. The Hall–Kier alpha value is -0.560. The molecule has 0 fully saturated rings. The van der Waals surface area contributed by atoms with E-state index in [0.717, 1.165) is 6.42 Å². The normalized spacial score (nSPS) is 13.5. The zero-order valence-electron chi connectivity index (χ0n) is 8.00. The van der Waals surface area contributed by atoms with Crippen molar-refractivity contribution in [3.05, 3.63) is 24.8 Å². The van der Waals surface area contributed by atoms with Crippen LogP contribution in [0.2, 0.25) is 0 Å². The Morgan fingerprint density at radius 3 is 2.67 bits per heavy atom. The maximum atomic E-state index is 9.09. The van der Waals surface area contributed by atoms with Gasteiger partial charge in [-0.2, -0.15) is 0 Å². The Bertz CT molecular complexity index is 127. The predicted octanol–water partition coefficient (Wildman–Crippen LogP) is 3.06. The highest BCUT2D eigenvalue weighted by Gasteiger charge is 1.91. The van der Waals surface area contributed by atoms with Crippen LogP contribution in [0.5, 0.6) is 0 Å². The molecule has 0 saturated heterocycles. The summed E-state index contributed by atoms with van der Waals surface area (Å²) in [6.07, 6.45) is 11.0. The Kier molecular flexibility index (Phi) is 8.14. The zero-order valence-corrected chi connectivity index (χ0v) is 8.00. The van der Waals surface area contributed by atoms with Crippen molar-refractivity contribution in [2.75, 3.05) is 0 Å². The van der Waals surface area contributed by atoms with Crippen molar-refractivity contribution >= 4 is 0 Å². The minimum Gasteiger partial charge on any atom is -0.389 e. The summed E-state index contributed by atoms with van der Waals surface area (Å²) in [5.74, 6) is 0. The third-order valence-electron chi connectivity index (χ3n) is 1.79. The van der Waals surface area contributed by atoms with Gasteiger partial charge in [0.25, 0.3) is 0 Å². The van der Waals surface area contributed by atoms with Crippen molar-refractivity contribution < 1.29 is 5.11 Å². The molecule has 0 bridgehead atoms. The fraction of sp³-hybridized carbons (Fsp3) is 0.636. The van der Waals surface area contributed by atoms with Gasteiger partial charge >= 0.3 is 0 Å². The molecule has 0 aromatic carbocycles. The van der Waals surface area contributed by atoms with Gasteiger partial charge in [-0.3, -0.25) is 0 Å². The maximum absolute atomic E-state index is 9.09. The molecule has 1 heteroatoms. The van der Waals surface area contributed by atoms with Crippen LogP contribution in [0.25, 0.3) is 0 Å². The van der Waals surface area contributed by atoms with Gasteiger partial charge in [0.1, 0.15) is 0 Å². The fourth-order valence-corrected chi connectivity index (χ4v) is 0.962. The van der Waals surface area contributed by atoms with Crippen LogP contribution in [0.15, 0.2) is 24.8 Å². The average Bonchev–Trinajstić information content (AvgIpc) is 2.10. The minimum absolute atomic E-state index is 0.368. The van der Waals surface area contributed by atoms with E-state index in [4.69, 9.17) is 5.11 Å². The van der Waals surface area contributed by atoms with E-state index < -0.39 is 0 Å². The molecule has 70 valence electrons. The minimum atomic E-state index is -0.368. The first-order valence-electron chi connectivity index (χ1n) is 4.76. The fourth-order valence-electron chi connectivity index (χ4n) is 0.962. The summed E-state index contributed by atoms with van der Waals surface area (Å²) in [4.78, 5) is 0. The third kappa shape index (κ3) is 7.55. The second-order valence-corrected chi connectivity index (χ2v) is 3.01. The van der Waals surface area contributed by atoms with Crippen molar-refractivity contribution in [1.82, 2.24) is 0 Å². The van der Waals surface area contributed by atoms with Gasteiger partial charge in [0, 0.05) is 0 Å². The molecule has 0 spiro atoms. The van der Waals surface area contributed by atoms with Crippen molar-refractivity contribution in [2.45, 2.75) is 45.1 Å². The molecule has 0 aromatic rings. The SMILES string of the molecule is C=CC(O)C/C=C/CCCCC. The summed E-state index contributed by atoms with van der Waals surface area (Å²) < 4.78 is 0. The second-order valence-electron chi connectivity index (χ2n) is 3.01. The largest absolute Gasteiger partial charge is 0.389 e. The van der Waals surface area contributed by atoms with Crippen molar-refractivity contribution in [1.29, 1.82) is 0 Å². The van der Waals surface area contributed by atoms with Gasteiger partial charge in [-0.15, -0.1) is 6.58 Å². The number of unbranched alkanes of at least 4 members (excludes halogenated alkanes) is 3. The number of rotatable bonds is 7. The first-order valence-corrected chi connectivity index (χ1v) is 4.76. The quantitative estimate of drug-likeness (QED) is 0.457. The lowest BCUT2D eigenvalue weighted by atomic mass is 10.1. The number of aliphatic hydroxyl groups excluding tert-OH is 1. The van der Waals surface area contributed by atoms with Crippen LogP contribution in [0.1, 0.15) is 39.0 Å². The number of aliphatic hydroxyl groups is 1. The summed E-state index contributed by atoms with van der Waals surface area (Å²) in [6, 6.07) is 0. The lowest BCUT2D eigenvalue weighted by molar-refractivity contribution is 0.227. The lowest BCUT2D eigenvalue weighted by Crippen LogP contribution is -1.97. The first kappa shape index (κ1) is 11.4. The molecule has 0 aliphatic rings. The highest BCUT2D eigenvalue weighted by atomic mass is 16.3. The number of hydrogen-bond donors (Lipinski definition) is 1. The first-order chi connectivity index (χ1) is 5.81. The molecule has 0 aliphatic carbocycles. The molecular weight excluding hydrogens is 148 g/mol. The van der Waals surface area contributed by atoms with Gasteiger partial charge in [-0.25, -0.2) is 0 Å². The van der Waals surface area contributed by atoms with Gasteiger partial charge < -0.3 is 5.11 Å². The van der Waals surface area contributed by atoms with E-state index in [0.29, 0.717) is 6.42 Å². The van der Waals surface area contributed by atoms with E-state index in [-0.39, 0.29) is 6.10 Å². The summed E-state index contributed by atoms with van der Waals surface area (Å²) >= 11 is 0. The molecule has 1 N–H and O–H groups in total. The van der Waals surface area contributed by atoms with E-state index in [9.17, 15) is 0 Å². The lowest BCUT2D eigenvalue weighted by Gasteiger charge is -1.98. The van der Waals surface area contributed by atoms with Crippen LogP contribution < -0.4 is 0 Å². The van der Waals surface area contributed by atoms with Gasteiger partial charge in [-0.05, 0) is 19.3 Å².